The second kappa shape index (κ2) is 5.01. The van der Waals surface area contributed by atoms with Gasteiger partial charge in [-0.05, 0) is 6.42 Å². The van der Waals surface area contributed by atoms with E-state index in [2.05, 4.69) is 10.6 Å². The highest BCUT2D eigenvalue weighted by Gasteiger charge is 2.47. The molecule has 0 aromatic carbocycles. The Morgan fingerprint density at radius 2 is 2.06 bits per heavy atom. The number of hydrogen-bond donors (Lipinski definition) is 4. The Bertz CT molecular complexity index is 317. The maximum absolute atomic E-state index is 10.9. The van der Waals surface area contributed by atoms with Crippen LogP contribution in [-0.2, 0) is 9.59 Å². The molecule has 6 heteroatoms. The molecule has 1 saturated carbocycles. The molecule has 3 atom stereocenters. The first-order chi connectivity index (χ1) is 7.75. The first kappa shape index (κ1) is 13.9. The third-order valence-corrected chi connectivity index (χ3v) is 3.46. The van der Waals surface area contributed by atoms with Gasteiger partial charge in [0, 0.05) is 24.9 Å². The minimum atomic E-state index is -1.06. The lowest BCUT2D eigenvalue weighted by Crippen LogP contribution is -2.62. The van der Waals surface area contributed by atoms with Crippen LogP contribution in [0.4, 0.5) is 0 Å². The zero-order valence-corrected chi connectivity index (χ0v) is 10.4. The van der Waals surface area contributed by atoms with Crippen molar-refractivity contribution in [2.75, 3.05) is 6.54 Å². The van der Waals surface area contributed by atoms with Crippen LogP contribution < -0.4 is 10.6 Å². The van der Waals surface area contributed by atoms with Crippen molar-refractivity contribution in [1.82, 2.24) is 10.6 Å². The second-order valence-corrected chi connectivity index (χ2v) is 5.13. The van der Waals surface area contributed by atoms with E-state index in [0.717, 1.165) is 0 Å². The first-order valence-electron chi connectivity index (χ1n) is 5.66. The van der Waals surface area contributed by atoms with Crippen LogP contribution in [0.3, 0.4) is 0 Å². The van der Waals surface area contributed by atoms with Gasteiger partial charge in [-0.2, -0.15) is 0 Å². The van der Waals surface area contributed by atoms with E-state index in [1.165, 1.54) is 6.92 Å². The summed E-state index contributed by atoms with van der Waals surface area (Å²) in [4.78, 5) is 21.7. The molecule has 1 aliphatic carbocycles. The monoisotopic (exact) mass is 244 g/mol. The summed E-state index contributed by atoms with van der Waals surface area (Å²) in [6, 6.07) is -0.853. The van der Waals surface area contributed by atoms with Crippen LogP contribution in [0.25, 0.3) is 0 Å². The van der Waals surface area contributed by atoms with Crippen LogP contribution >= 0.6 is 0 Å². The van der Waals surface area contributed by atoms with Crippen LogP contribution in [0.15, 0.2) is 0 Å². The molecule has 0 bridgehead atoms. The predicted octanol–water partition coefficient (Wildman–Crippen LogP) is -0.675. The average molecular weight is 244 g/mol. The van der Waals surface area contributed by atoms with Gasteiger partial charge in [-0.3, -0.25) is 4.79 Å². The summed E-state index contributed by atoms with van der Waals surface area (Å²) in [5, 5.41) is 23.9. The van der Waals surface area contributed by atoms with E-state index in [9.17, 15) is 14.7 Å². The summed E-state index contributed by atoms with van der Waals surface area (Å²) in [7, 11) is 0. The van der Waals surface area contributed by atoms with Crippen molar-refractivity contribution in [1.29, 1.82) is 0 Å². The number of carbonyl (C=O) groups excluding carboxylic acids is 1. The normalized spacial score (nSPS) is 28.0. The number of nitrogens with one attached hydrogen (secondary N) is 2. The Labute approximate surface area is 100 Å². The molecule has 0 radical (unpaired) electrons. The van der Waals surface area contributed by atoms with Crippen LogP contribution in [-0.4, -0.2) is 46.8 Å². The molecule has 1 amide bonds. The van der Waals surface area contributed by atoms with Crippen molar-refractivity contribution in [2.24, 2.45) is 5.41 Å². The molecule has 1 rings (SSSR count). The summed E-state index contributed by atoms with van der Waals surface area (Å²) < 4.78 is 0. The quantitative estimate of drug-likeness (QED) is 0.514. The number of aliphatic hydroxyl groups is 1. The van der Waals surface area contributed by atoms with Gasteiger partial charge in [0.25, 0.3) is 0 Å². The largest absolute Gasteiger partial charge is 0.480 e. The Morgan fingerprint density at radius 1 is 1.47 bits per heavy atom. The summed E-state index contributed by atoms with van der Waals surface area (Å²) in [6.07, 6.45) is 0.253. The predicted molar refractivity (Wildman–Crippen MR) is 61.4 cm³/mol. The number of hydrogen-bond acceptors (Lipinski definition) is 4. The molecule has 4 N–H and O–H groups in total. The zero-order chi connectivity index (χ0) is 13.2. The van der Waals surface area contributed by atoms with Gasteiger partial charge in [-0.25, -0.2) is 4.79 Å². The number of carboxylic acid groups (broad SMARTS) is 1. The summed E-state index contributed by atoms with van der Waals surface area (Å²) in [5.41, 5.74) is -0.251. The van der Waals surface area contributed by atoms with E-state index in [1.807, 2.05) is 13.8 Å². The van der Waals surface area contributed by atoms with Crippen LogP contribution in [0.5, 0.6) is 0 Å². The van der Waals surface area contributed by atoms with Crippen molar-refractivity contribution in [3.8, 4) is 0 Å². The molecule has 0 aromatic rings. The van der Waals surface area contributed by atoms with Crippen molar-refractivity contribution in [3.63, 3.8) is 0 Å². The smallest absolute Gasteiger partial charge is 0.327 e. The topological polar surface area (TPSA) is 98.7 Å². The maximum atomic E-state index is 10.9. The molecule has 1 fully saturated rings. The zero-order valence-electron chi connectivity index (χ0n) is 10.4. The number of carboxylic acids is 1. The Kier molecular flexibility index (Phi) is 4.11. The van der Waals surface area contributed by atoms with Gasteiger partial charge in [0.1, 0.15) is 6.04 Å². The number of amides is 1. The van der Waals surface area contributed by atoms with Gasteiger partial charge in [0.15, 0.2) is 0 Å². The summed E-state index contributed by atoms with van der Waals surface area (Å²) in [5.74, 6) is -1.43. The van der Waals surface area contributed by atoms with E-state index in [0.29, 0.717) is 6.42 Å². The van der Waals surface area contributed by atoms with Crippen molar-refractivity contribution in [3.05, 3.63) is 0 Å². The van der Waals surface area contributed by atoms with Crippen LogP contribution in [0, 0.1) is 5.41 Å². The van der Waals surface area contributed by atoms with Gasteiger partial charge in [0.05, 0.1) is 6.10 Å². The molecular formula is C11H20N2O4. The molecular weight excluding hydrogens is 224 g/mol. The highest BCUT2D eigenvalue weighted by Crippen LogP contribution is 2.40. The molecule has 3 unspecified atom stereocenters. The molecule has 17 heavy (non-hydrogen) atoms. The molecule has 98 valence electrons. The summed E-state index contributed by atoms with van der Waals surface area (Å²) >= 11 is 0. The van der Waals surface area contributed by atoms with Gasteiger partial charge in [-0.15, -0.1) is 0 Å². The fourth-order valence-electron chi connectivity index (χ4n) is 1.95. The number of aliphatic hydroxyl groups excluding tert-OH is 1. The van der Waals surface area contributed by atoms with E-state index >= 15 is 0 Å². The number of aliphatic carboxylic acids is 1. The Morgan fingerprint density at radius 3 is 2.41 bits per heavy atom. The minimum absolute atomic E-state index is 0.0770. The van der Waals surface area contributed by atoms with E-state index in [4.69, 9.17) is 5.11 Å². The van der Waals surface area contributed by atoms with Gasteiger partial charge in [0.2, 0.25) is 5.91 Å². The van der Waals surface area contributed by atoms with Crippen LogP contribution in [0.1, 0.15) is 27.2 Å². The van der Waals surface area contributed by atoms with Crippen LogP contribution in [0.2, 0.25) is 0 Å². The standard InChI is InChI=1S/C11H20N2O4/c1-6(14)13-7(10(16)17)5-12-8-4-9(15)11(8,2)3/h7-9,12,15H,4-5H2,1-3H3,(H,13,14)(H,16,17). The van der Waals surface area contributed by atoms with E-state index in [1.54, 1.807) is 0 Å². The molecule has 0 heterocycles. The van der Waals surface area contributed by atoms with Crippen molar-refractivity contribution in [2.45, 2.75) is 45.4 Å². The lowest BCUT2D eigenvalue weighted by Gasteiger charge is -2.50. The molecule has 0 saturated heterocycles. The lowest BCUT2D eigenvalue weighted by atomic mass is 9.64. The fraction of sp³-hybridized carbons (Fsp3) is 0.818. The lowest BCUT2D eigenvalue weighted by molar-refractivity contribution is -0.141. The Balaban J connectivity index is 2.43. The third-order valence-electron chi connectivity index (χ3n) is 3.46. The molecule has 0 aromatic heterocycles. The highest BCUT2D eigenvalue weighted by atomic mass is 16.4. The average Bonchev–Trinajstić information content (AvgIpc) is 2.21. The Hall–Kier alpha value is -1.14. The molecule has 0 aliphatic heterocycles. The molecule has 1 aliphatic rings. The van der Waals surface area contributed by atoms with E-state index < -0.39 is 12.0 Å². The summed E-state index contributed by atoms with van der Waals surface area (Å²) in [6.45, 7) is 5.29. The van der Waals surface area contributed by atoms with Gasteiger partial charge >= 0.3 is 5.97 Å². The van der Waals surface area contributed by atoms with E-state index in [-0.39, 0.29) is 30.0 Å². The highest BCUT2D eigenvalue weighted by molar-refractivity contribution is 5.82. The SMILES string of the molecule is CC(=O)NC(CNC1CC(O)C1(C)C)C(=O)O. The fourth-order valence-corrected chi connectivity index (χ4v) is 1.95. The second-order valence-electron chi connectivity index (χ2n) is 5.13. The van der Waals surface area contributed by atoms with Gasteiger partial charge in [-0.1, -0.05) is 13.8 Å². The van der Waals surface area contributed by atoms with Crippen molar-refractivity contribution >= 4 is 11.9 Å². The maximum Gasteiger partial charge on any atom is 0.327 e. The number of rotatable bonds is 5. The molecule has 6 nitrogen and oxygen atoms in total. The number of carbonyl (C=O) groups is 2. The minimum Gasteiger partial charge on any atom is -0.480 e. The van der Waals surface area contributed by atoms with Crippen molar-refractivity contribution < 1.29 is 19.8 Å². The third kappa shape index (κ3) is 3.17. The molecule has 0 spiro atoms. The first-order valence-corrected chi connectivity index (χ1v) is 5.66. The van der Waals surface area contributed by atoms with Gasteiger partial charge < -0.3 is 20.8 Å².